The molecule has 19 heteroatoms. The van der Waals surface area contributed by atoms with E-state index < -0.39 is 75.2 Å². The van der Waals surface area contributed by atoms with E-state index in [4.69, 9.17) is 9.84 Å². The molecule has 0 saturated heterocycles. The number of carboxylic acids is 1. The van der Waals surface area contributed by atoms with Gasteiger partial charge in [-0.05, 0) is 105 Å². The van der Waals surface area contributed by atoms with Gasteiger partial charge in [0.1, 0.15) is 6.61 Å². The van der Waals surface area contributed by atoms with E-state index in [1.165, 1.54) is 17.9 Å². The number of hydrogen-bond acceptors (Lipinski definition) is 8. The highest BCUT2D eigenvalue weighted by atomic mass is 32.2. The molecule has 1 aliphatic rings. The maximum atomic E-state index is 14.1. The van der Waals surface area contributed by atoms with E-state index in [1.807, 2.05) is 0 Å². The monoisotopic (exact) mass is 812 g/mol. The molecule has 1 fully saturated rings. The Bertz CT molecular complexity index is 1850. The molecule has 1 saturated carbocycles. The van der Waals surface area contributed by atoms with Crippen molar-refractivity contribution in [3.05, 3.63) is 82.2 Å². The third-order valence-electron chi connectivity index (χ3n) is 9.57. The van der Waals surface area contributed by atoms with E-state index in [-0.39, 0.29) is 53.9 Å². The Labute approximate surface area is 312 Å². The minimum absolute atomic E-state index is 0.0204. The number of anilines is 1. The molecule has 2 atom stereocenters. The van der Waals surface area contributed by atoms with E-state index in [0.29, 0.717) is 37.1 Å². The number of aliphatic carboxylic acids is 1. The zero-order chi connectivity index (χ0) is 40.9. The summed E-state index contributed by atoms with van der Waals surface area (Å²) in [6, 6.07) is 2.06. The van der Waals surface area contributed by atoms with E-state index in [2.05, 4.69) is 15.3 Å². The van der Waals surface area contributed by atoms with Crippen LogP contribution in [0.4, 0.5) is 45.5 Å². The van der Waals surface area contributed by atoms with Crippen LogP contribution in [0, 0.1) is 11.8 Å². The Morgan fingerprint density at radius 2 is 1.42 bits per heavy atom. The van der Waals surface area contributed by atoms with Gasteiger partial charge in [-0.3, -0.25) is 4.79 Å². The van der Waals surface area contributed by atoms with Crippen molar-refractivity contribution in [3.63, 3.8) is 0 Å². The SMILES string of the molecule is CC(NCC1CCC(CC(=O)O)CC1)c1ccc(C(F)(F)F)cc1CN(c1ncc(OCCS(C)(=O)=O)cn1)[C@@H](C)c1cc(C(F)(F)F)cc(C(F)(F)F)c1. The first-order valence-corrected chi connectivity index (χ1v) is 19.3. The topological polar surface area (TPSA) is 122 Å². The molecule has 1 aliphatic carbocycles. The van der Waals surface area contributed by atoms with Crippen LogP contribution in [-0.4, -0.2) is 54.6 Å². The highest BCUT2D eigenvalue weighted by Crippen LogP contribution is 2.40. The molecule has 0 aliphatic heterocycles. The number of alkyl halides is 9. The molecule has 55 heavy (non-hydrogen) atoms. The Balaban J connectivity index is 1.74. The fourth-order valence-corrected chi connectivity index (χ4v) is 6.88. The summed E-state index contributed by atoms with van der Waals surface area (Å²) in [5.41, 5.74) is -4.30. The average Bonchev–Trinajstić information content (AvgIpc) is 3.08. The van der Waals surface area contributed by atoms with Gasteiger partial charge in [0, 0.05) is 25.3 Å². The van der Waals surface area contributed by atoms with E-state index in [0.717, 1.165) is 43.6 Å². The molecule has 4 rings (SSSR count). The second-order valence-corrected chi connectivity index (χ2v) is 16.1. The van der Waals surface area contributed by atoms with Crippen LogP contribution in [-0.2, 0) is 39.7 Å². The van der Waals surface area contributed by atoms with Crippen molar-refractivity contribution in [2.24, 2.45) is 11.8 Å². The summed E-state index contributed by atoms with van der Waals surface area (Å²) in [6.45, 7) is 2.64. The van der Waals surface area contributed by atoms with Gasteiger partial charge < -0.3 is 20.1 Å². The van der Waals surface area contributed by atoms with Crippen molar-refractivity contribution in [2.75, 3.05) is 30.1 Å². The predicted octanol–water partition coefficient (Wildman–Crippen LogP) is 8.66. The van der Waals surface area contributed by atoms with Gasteiger partial charge in [0.15, 0.2) is 15.6 Å². The lowest BCUT2D eigenvalue weighted by Crippen LogP contribution is -2.32. The van der Waals surface area contributed by atoms with Gasteiger partial charge in [-0.1, -0.05) is 6.07 Å². The Morgan fingerprint density at radius 1 is 0.873 bits per heavy atom. The van der Waals surface area contributed by atoms with Crippen molar-refractivity contribution in [3.8, 4) is 5.75 Å². The van der Waals surface area contributed by atoms with Crippen LogP contribution in [0.1, 0.15) is 91.4 Å². The minimum atomic E-state index is -5.17. The predicted molar refractivity (Wildman–Crippen MR) is 184 cm³/mol. The number of halogens is 9. The van der Waals surface area contributed by atoms with Crippen LogP contribution >= 0.6 is 0 Å². The first kappa shape index (κ1) is 43.6. The van der Waals surface area contributed by atoms with Crippen LogP contribution in [0.5, 0.6) is 5.75 Å². The van der Waals surface area contributed by atoms with E-state index >= 15 is 0 Å². The lowest BCUT2D eigenvalue weighted by molar-refractivity contribution is -0.143. The summed E-state index contributed by atoms with van der Waals surface area (Å²) >= 11 is 0. The molecular formula is C36H41F9N4O5S. The Hall–Kier alpha value is -4.13. The van der Waals surface area contributed by atoms with Gasteiger partial charge in [-0.2, -0.15) is 39.5 Å². The van der Waals surface area contributed by atoms with Gasteiger partial charge in [-0.25, -0.2) is 18.4 Å². The number of aromatic nitrogens is 2. The van der Waals surface area contributed by atoms with Gasteiger partial charge in [0.2, 0.25) is 5.95 Å². The molecule has 1 heterocycles. The molecule has 0 spiro atoms. The van der Waals surface area contributed by atoms with Crippen molar-refractivity contribution in [1.29, 1.82) is 0 Å². The summed E-state index contributed by atoms with van der Waals surface area (Å²) in [4.78, 5) is 20.6. The van der Waals surface area contributed by atoms with Crippen LogP contribution in [0.3, 0.4) is 0 Å². The average molecular weight is 813 g/mol. The van der Waals surface area contributed by atoms with Crippen molar-refractivity contribution < 1.29 is 62.6 Å². The second kappa shape index (κ2) is 17.3. The van der Waals surface area contributed by atoms with E-state index in [1.54, 1.807) is 6.92 Å². The molecule has 0 radical (unpaired) electrons. The highest BCUT2D eigenvalue weighted by Gasteiger charge is 2.38. The number of carboxylic acid groups (broad SMARTS) is 1. The number of benzene rings is 2. The molecular weight excluding hydrogens is 771 g/mol. The van der Waals surface area contributed by atoms with Gasteiger partial charge in [-0.15, -0.1) is 0 Å². The first-order valence-electron chi connectivity index (χ1n) is 17.2. The van der Waals surface area contributed by atoms with Gasteiger partial charge in [0.25, 0.3) is 0 Å². The van der Waals surface area contributed by atoms with Gasteiger partial charge in [0.05, 0.1) is 40.9 Å². The number of hydrogen-bond donors (Lipinski definition) is 2. The Kier molecular flexibility index (Phi) is 13.7. The molecule has 2 N–H and O–H groups in total. The largest absolute Gasteiger partial charge is 0.489 e. The standard InChI is InChI=1S/C36H41F9N4O5S/c1-21(46-17-24-6-4-23(5-7-24)12-32(50)51)31-9-8-27(34(37,38)39)15-26(31)20-49(33-47-18-30(19-48-33)54-10-11-55(3,52)53)22(2)25-13-28(35(40,41)42)16-29(14-25)36(43,44)45/h8-9,13-16,18-19,21-24,46H,4-7,10-12,17,20H2,1-3H3,(H,50,51)/t21?,22-,23?,24?/m0/s1. The van der Waals surface area contributed by atoms with Crippen LogP contribution < -0.4 is 15.0 Å². The van der Waals surface area contributed by atoms with Crippen LogP contribution in [0.25, 0.3) is 0 Å². The zero-order valence-corrected chi connectivity index (χ0v) is 30.8. The summed E-state index contributed by atoms with van der Waals surface area (Å²) in [6.07, 6.45) is -9.01. The Morgan fingerprint density at radius 3 is 1.93 bits per heavy atom. The second-order valence-electron chi connectivity index (χ2n) is 13.9. The maximum Gasteiger partial charge on any atom is 0.416 e. The summed E-state index contributed by atoms with van der Waals surface area (Å²) in [5.74, 6) is -1.31. The quantitative estimate of drug-likeness (QED) is 0.145. The molecule has 304 valence electrons. The smallest absolute Gasteiger partial charge is 0.416 e. The number of ether oxygens (including phenoxy) is 1. The summed E-state index contributed by atoms with van der Waals surface area (Å²) in [7, 11) is -3.40. The van der Waals surface area contributed by atoms with E-state index in [9.17, 15) is 52.7 Å². The first-order chi connectivity index (χ1) is 25.4. The highest BCUT2D eigenvalue weighted by molar-refractivity contribution is 7.90. The number of carbonyl (C=O) groups is 1. The molecule has 0 bridgehead atoms. The number of nitrogens with zero attached hydrogens (tertiary/aromatic N) is 3. The molecule has 3 aromatic rings. The molecule has 2 aromatic carbocycles. The fraction of sp³-hybridized carbons (Fsp3) is 0.528. The van der Waals surface area contributed by atoms with Crippen molar-refractivity contribution >= 4 is 21.8 Å². The number of nitrogens with one attached hydrogen (secondary N) is 1. The summed E-state index contributed by atoms with van der Waals surface area (Å²) in [5, 5.41) is 12.4. The number of sulfone groups is 1. The normalized spacial score (nSPS) is 18.1. The molecule has 1 unspecified atom stereocenters. The number of rotatable bonds is 15. The van der Waals surface area contributed by atoms with Gasteiger partial charge >= 0.3 is 24.5 Å². The third-order valence-corrected chi connectivity index (χ3v) is 10.5. The van der Waals surface area contributed by atoms with Crippen molar-refractivity contribution in [2.45, 2.75) is 83.1 Å². The van der Waals surface area contributed by atoms with Crippen LogP contribution in [0.2, 0.25) is 0 Å². The lowest BCUT2D eigenvalue weighted by Gasteiger charge is -2.33. The maximum absolute atomic E-state index is 14.1. The van der Waals surface area contributed by atoms with Crippen LogP contribution in [0.15, 0.2) is 48.8 Å². The summed E-state index contributed by atoms with van der Waals surface area (Å²) < 4.78 is 154. The molecule has 0 amide bonds. The van der Waals surface area contributed by atoms with Crippen molar-refractivity contribution in [1.82, 2.24) is 15.3 Å². The fourth-order valence-electron chi connectivity index (χ4n) is 6.49. The molecule has 9 nitrogen and oxygen atoms in total. The molecule has 1 aromatic heterocycles. The third kappa shape index (κ3) is 12.7. The zero-order valence-electron chi connectivity index (χ0n) is 30.0. The lowest BCUT2D eigenvalue weighted by atomic mass is 9.80. The minimum Gasteiger partial charge on any atom is -0.489 e.